The van der Waals surface area contributed by atoms with Crippen molar-refractivity contribution in [2.24, 2.45) is 5.84 Å². The van der Waals surface area contributed by atoms with Crippen molar-refractivity contribution in [3.8, 4) is 0 Å². The molecule has 0 radical (unpaired) electrons. The zero-order valence-electron chi connectivity index (χ0n) is 10.9. The number of rotatable bonds is 2. The molecule has 2 aromatic rings. The van der Waals surface area contributed by atoms with E-state index in [1.165, 1.54) is 12.1 Å². The van der Waals surface area contributed by atoms with E-state index >= 15 is 0 Å². The topological polar surface area (TPSA) is 89.5 Å². The van der Waals surface area contributed by atoms with E-state index in [2.05, 4.69) is 0 Å². The number of carbonyl (C=O) groups excluding carboxylic acids is 1. The molecular formula is C15H11N3O3. The summed E-state index contributed by atoms with van der Waals surface area (Å²) in [7, 11) is 0. The second-order valence-electron chi connectivity index (χ2n) is 4.60. The minimum absolute atomic E-state index is 0.0182. The predicted octanol–water partition coefficient (Wildman–Crippen LogP) is 2.42. The number of nitrogens with two attached hydrogens (primary N) is 1. The first-order valence-corrected chi connectivity index (χ1v) is 6.22. The molecule has 0 fully saturated rings. The molecule has 1 aliphatic rings. The highest BCUT2D eigenvalue weighted by molar-refractivity contribution is 6.11. The lowest BCUT2D eigenvalue weighted by molar-refractivity contribution is -0.384. The third kappa shape index (κ3) is 2.17. The molecule has 0 aliphatic carbocycles. The van der Waals surface area contributed by atoms with E-state index in [4.69, 9.17) is 5.84 Å². The number of fused-ring (bicyclic) bond motifs is 1. The summed E-state index contributed by atoms with van der Waals surface area (Å²) in [4.78, 5) is 22.2. The van der Waals surface area contributed by atoms with Gasteiger partial charge in [0, 0.05) is 17.7 Å². The fraction of sp³-hybridized carbons (Fsp3) is 0. The summed E-state index contributed by atoms with van der Waals surface area (Å²) in [6.45, 7) is 0. The van der Waals surface area contributed by atoms with Crippen LogP contribution in [0.5, 0.6) is 0 Å². The monoisotopic (exact) mass is 281 g/mol. The van der Waals surface area contributed by atoms with Gasteiger partial charge in [-0.05, 0) is 29.8 Å². The Bertz CT molecular complexity index is 766. The molecule has 0 unspecified atom stereocenters. The molecule has 0 saturated carbocycles. The van der Waals surface area contributed by atoms with Crippen molar-refractivity contribution in [2.45, 2.75) is 0 Å². The van der Waals surface area contributed by atoms with Crippen LogP contribution in [0.3, 0.4) is 0 Å². The van der Waals surface area contributed by atoms with Crippen molar-refractivity contribution in [2.75, 3.05) is 0 Å². The summed E-state index contributed by atoms with van der Waals surface area (Å²) in [6, 6.07) is 13.2. The van der Waals surface area contributed by atoms with Crippen LogP contribution in [0.25, 0.3) is 11.8 Å². The fourth-order valence-electron chi connectivity index (χ4n) is 2.26. The number of hydrogen-bond donors (Lipinski definition) is 1. The Labute approximate surface area is 120 Å². The van der Waals surface area contributed by atoms with Crippen LogP contribution in [0, 0.1) is 10.1 Å². The largest absolute Gasteiger partial charge is 0.273 e. The molecule has 21 heavy (non-hydrogen) atoms. The highest BCUT2D eigenvalue weighted by Gasteiger charge is 2.29. The van der Waals surface area contributed by atoms with Crippen LogP contribution in [-0.2, 0) is 0 Å². The van der Waals surface area contributed by atoms with Crippen LogP contribution < -0.4 is 5.84 Å². The summed E-state index contributed by atoms with van der Waals surface area (Å²) in [5.41, 5.74) is 2.63. The number of nitro groups is 1. The third-order valence-corrected chi connectivity index (χ3v) is 3.32. The summed E-state index contributed by atoms with van der Waals surface area (Å²) >= 11 is 0. The number of carbonyl (C=O) groups is 1. The summed E-state index contributed by atoms with van der Waals surface area (Å²) in [6.07, 6.45) is 1.73. The minimum Gasteiger partial charge on any atom is -0.267 e. The molecule has 2 N–H and O–H groups in total. The Balaban J connectivity index is 2.03. The molecule has 0 aromatic heterocycles. The first kappa shape index (κ1) is 13.0. The summed E-state index contributed by atoms with van der Waals surface area (Å²) in [5, 5.41) is 11.7. The van der Waals surface area contributed by atoms with Crippen molar-refractivity contribution in [3.05, 3.63) is 75.3 Å². The Morgan fingerprint density at radius 1 is 1.05 bits per heavy atom. The lowest BCUT2D eigenvalue weighted by Gasteiger charge is -2.10. The fourth-order valence-corrected chi connectivity index (χ4v) is 2.26. The Hall–Kier alpha value is -2.99. The van der Waals surface area contributed by atoms with Crippen molar-refractivity contribution >= 4 is 23.4 Å². The number of benzene rings is 2. The molecule has 0 atom stereocenters. The lowest BCUT2D eigenvalue weighted by Crippen LogP contribution is -2.30. The van der Waals surface area contributed by atoms with Crippen LogP contribution >= 0.6 is 0 Å². The molecule has 6 nitrogen and oxygen atoms in total. The standard InChI is InChI=1S/C15H11N3O3/c16-17-14(12-3-1-2-4-13(12)15(17)19)9-10-5-7-11(8-6-10)18(20)21/h1-9H,16H2/b14-9-. The van der Waals surface area contributed by atoms with Gasteiger partial charge in [-0.15, -0.1) is 0 Å². The number of non-ortho nitro benzene ring substituents is 1. The van der Waals surface area contributed by atoms with Crippen molar-refractivity contribution in [3.63, 3.8) is 0 Å². The molecular weight excluding hydrogens is 270 g/mol. The molecule has 1 aliphatic heterocycles. The third-order valence-electron chi connectivity index (χ3n) is 3.32. The Morgan fingerprint density at radius 2 is 1.67 bits per heavy atom. The van der Waals surface area contributed by atoms with Crippen LogP contribution in [-0.4, -0.2) is 15.8 Å². The van der Waals surface area contributed by atoms with Gasteiger partial charge < -0.3 is 0 Å². The molecule has 0 spiro atoms. The van der Waals surface area contributed by atoms with E-state index in [1.807, 2.05) is 12.1 Å². The molecule has 2 aromatic carbocycles. The molecule has 6 heteroatoms. The number of nitro benzene ring substituents is 1. The van der Waals surface area contributed by atoms with Gasteiger partial charge in [-0.3, -0.25) is 14.9 Å². The number of hydrazine groups is 1. The molecule has 3 rings (SSSR count). The van der Waals surface area contributed by atoms with E-state index < -0.39 is 4.92 Å². The van der Waals surface area contributed by atoms with Gasteiger partial charge in [0.05, 0.1) is 16.2 Å². The quantitative estimate of drug-likeness (QED) is 0.396. The molecule has 1 amide bonds. The molecule has 1 heterocycles. The van der Waals surface area contributed by atoms with E-state index in [1.54, 1.807) is 30.3 Å². The number of amides is 1. The highest BCUT2D eigenvalue weighted by atomic mass is 16.6. The Morgan fingerprint density at radius 3 is 2.29 bits per heavy atom. The average molecular weight is 281 g/mol. The summed E-state index contributed by atoms with van der Waals surface area (Å²) < 4.78 is 0. The van der Waals surface area contributed by atoms with Crippen LogP contribution in [0.4, 0.5) is 5.69 Å². The molecule has 0 bridgehead atoms. The van der Waals surface area contributed by atoms with E-state index in [-0.39, 0.29) is 11.6 Å². The van der Waals surface area contributed by atoms with E-state index in [0.717, 1.165) is 16.1 Å². The van der Waals surface area contributed by atoms with Crippen molar-refractivity contribution in [1.82, 2.24) is 5.01 Å². The zero-order valence-corrected chi connectivity index (χ0v) is 10.9. The van der Waals surface area contributed by atoms with Gasteiger partial charge >= 0.3 is 0 Å². The van der Waals surface area contributed by atoms with Gasteiger partial charge in [-0.25, -0.2) is 10.9 Å². The SMILES string of the molecule is NN1C(=O)c2ccccc2/C1=C/c1ccc([N+](=O)[O-])cc1. The van der Waals surface area contributed by atoms with Crippen molar-refractivity contribution < 1.29 is 9.72 Å². The van der Waals surface area contributed by atoms with Crippen LogP contribution in [0.15, 0.2) is 48.5 Å². The number of hydrogen-bond acceptors (Lipinski definition) is 4. The first-order chi connectivity index (χ1) is 10.1. The van der Waals surface area contributed by atoms with Gasteiger partial charge in [0.1, 0.15) is 0 Å². The smallest absolute Gasteiger partial charge is 0.267 e. The maximum absolute atomic E-state index is 12.0. The minimum atomic E-state index is -0.458. The van der Waals surface area contributed by atoms with Crippen LogP contribution in [0.1, 0.15) is 21.5 Å². The zero-order chi connectivity index (χ0) is 15.0. The van der Waals surface area contributed by atoms with Crippen molar-refractivity contribution in [1.29, 1.82) is 0 Å². The maximum Gasteiger partial charge on any atom is 0.273 e. The average Bonchev–Trinajstić information content (AvgIpc) is 2.73. The molecule has 104 valence electrons. The van der Waals surface area contributed by atoms with Gasteiger partial charge in [0.2, 0.25) is 0 Å². The lowest BCUT2D eigenvalue weighted by atomic mass is 10.1. The first-order valence-electron chi connectivity index (χ1n) is 6.22. The van der Waals surface area contributed by atoms with Gasteiger partial charge in [0.15, 0.2) is 0 Å². The Kier molecular flexibility index (Phi) is 3.00. The van der Waals surface area contributed by atoms with Crippen LogP contribution in [0.2, 0.25) is 0 Å². The normalized spacial score (nSPS) is 15.4. The predicted molar refractivity (Wildman–Crippen MR) is 77.8 cm³/mol. The second-order valence-corrected chi connectivity index (χ2v) is 4.60. The van der Waals surface area contributed by atoms with E-state index in [9.17, 15) is 14.9 Å². The summed E-state index contributed by atoms with van der Waals surface area (Å²) in [5.74, 6) is 5.54. The van der Waals surface area contributed by atoms with Gasteiger partial charge in [0.25, 0.3) is 11.6 Å². The maximum atomic E-state index is 12.0. The highest BCUT2D eigenvalue weighted by Crippen LogP contribution is 2.31. The van der Waals surface area contributed by atoms with Gasteiger partial charge in [-0.2, -0.15) is 0 Å². The second kappa shape index (κ2) is 4.84. The molecule has 0 saturated heterocycles. The van der Waals surface area contributed by atoms with Gasteiger partial charge in [-0.1, -0.05) is 18.2 Å². The number of nitrogens with zero attached hydrogens (tertiary/aromatic N) is 2. The van der Waals surface area contributed by atoms with E-state index in [0.29, 0.717) is 11.3 Å².